The van der Waals surface area contributed by atoms with Crippen molar-refractivity contribution in [2.24, 2.45) is 0 Å². The third-order valence-corrected chi connectivity index (χ3v) is 2.53. The van der Waals surface area contributed by atoms with Crippen molar-refractivity contribution in [2.45, 2.75) is 12.5 Å². The minimum Gasteiger partial charge on any atom is -0.480 e. The smallest absolute Gasteiger partial charge is 0.407 e. The van der Waals surface area contributed by atoms with Crippen LogP contribution in [0.2, 0.25) is 0 Å². The minimum atomic E-state index is -3.25. The van der Waals surface area contributed by atoms with E-state index in [1.807, 2.05) is 5.32 Å². The van der Waals surface area contributed by atoms with Crippen molar-refractivity contribution in [2.75, 3.05) is 19.1 Å². The van der Waals surface area contributed by atoms with E-state index in [1.54, 1.807) is 0 Å². The number of amides is 1. The molecule has 88 valence electrons. The van der Waals surface area contributed by atoms with E-state index in [2.05, 4.69) is 4.74 Å². The number of sulfone groups is 1. The molecule has 0 rings (SSSR count). The molecule has 0 radical (unpaired) electrons. The molecule has 0 aromatic heterocycles. The van der Waals surface area contributed by atoms with Crippen LogP contribution in [0, 0.1) is 0 Å². The lowest BCUT2D eigenvalue weighted by Gasteiger charge is -2.12. The maximum atomic E-state index is 10.8. The first-order valence-corrected chi connectivity index (χ1v) is 6.07. The molecule has 15 heavy (non-hydrogen) atoms. The van der Waals surface area contributed by atoms with Crippen molar-refractivity contribution in [1.29, 1.82) is 0 Å². The van der Waals surface area contributed by atoms with Gasteiger partial charge in [-0.3, -0.25) is 0 Å². The summed E-state index contributed by atoms with van der Waals surface area (Å²) in [6.45, 7) is 0. The molecule has 0 aromatic rings. The van der Waals surface area contributed by atoms with Gasteiger partial charge in [0.15, 0.2) is 0 Å². The molecule has 0 saturated carbocycles. The number of nitrogens with one attached hydrogen (secondary N) is 1. The Morgan fingerprint density at radius 1 is 1.47 bits per heavy atom. The van der Waals surface area contributed by atoms with Crippen molar-refractivity contribution in [3.8, 4) is 0 Å². The highest BCUT2D eigenvalue weighted by molar-refractivity contribution is 7.90. The number of rotatable bonds is 5. The molecule has 0 aliphatic rings. The quantitative estimate of drug-likeness (QED) is 0.652. The van der Waals surface area contributed by atoms with E-state index in [0.29, 0.717) is 0 Å². The molecule has 1 atom stereocenters. The largest absolute Gasteiger partial charge is 0.480 e. The molecule has 0 saturated heterocycles. The summed E-state index contributed by atoms with van der Waals surface area (Å²) in [7, 11) is -2.16. The molecule has 0 aromatic carbocycles. The van der Waals surface area contributed by atoms with Crippen molar-refractivity contribution in [3.05, 3.63) is 0 Å². The van der Waals surface area contributed by atoms with Crippen molar-refractivity contribution in [1.82, 2.24) is 5.32 Å². The Morgan fingerprint density at radius 3 is 2.33 bits per heavy atom. The minimum absolute atomic E-state index is 0.191. The lowest BCUT2D eigenvalue weighted by Crippen LogP contribution is -2.41. The fraction of sp³-hybridized carbons (Fsp3) is 0.714. The summed E-state index contributed by atoms with van der Waals surface area (Å²) in [5, 5.41) is 10.7. The van der Waals surface area contributed by atoms with Gasteiger partial charge in [0.2, 0.25) is 0 Å². The average Bonchev–Trinajstić information content (AvgIpc) is 2.09. The van der Waals surface area contributed by atoms with Crippen molar-refractivity contribution >= 4 is 21.9 Å². The Labute approximate surface area is 87.3 Å². The van der Waals surface area contributed by atoms with Gasteiger partial charge in [-0.1, -0.05) is 0 Å². The SMILES string of the molecule is COC(=O)NC(CCS(C)(=O)=O)C(=O)O. The van der Waals surface area contributed by atoms with E-state index in [0.717, 1.165) is 13.4 Å². The first-order valence-electron chi connectivity index (χ1n) is 4.01. The number of hydrogen-bond donors (Lipinski definition) is 2. The topological polar surface area (TPSA) is 110 Å². The van der Waals surface area contributed by atoms with Crippen LogP contribution in [-0.2, 0) is 19.4 Å². The summed E-state index contributed by atoms with van der Waals surface area (Å²) in [5.74, 6) is -1.61. The second kappa shape index (κ2) is 5.54. The number of alkyl carbamates (subject to hydrolysis) is 1. The highest BCUT2D eigenvalue weighted by Gasteiger charge is 2.21. The van der Waals surface area contributed by atoms with Crippen molar-refractivity contribution in [3.63, 3.8) is 0 Å². The van der Waals surface area contributed by atoms with Gasteiger partial charge >= 0.3 is 12.1 Å². The summed E-state index contributed by atoms with van der Waals surface area (Å²) >= 11 is 0. The molecule has 0 heterocycles. The number of methoxy groups -OCH3 is 1. The van der Waals surface area contributed by atoms with Gasteiger partial charge in [-0.2, -0.15) is 0 Å². The predicted octanol–water partition coefficient (Wildman–Crippen LogP) is -0.770. The fourth-order valence-corrected chi connectivity index (χ4v) is 1.45. The number of carbonyl (C=O) groups excluding carboxylic acids is 1. The van der Waals surface area contributed by atoms with E-state index in [1.165, 1.54) is 0 Å². The van der Waals surface area contributed by atoms with Gasteiger partial charge in [0.25, 0.3) is 0 Å². The standard InChI is InChI=1S/C7H13NO6S/c1-14-7(11)8-5(6(9)10)3-4-15(2,12)13/h5H,3-4H2,1-2H3,(H,8,11)(H,9,10). The summed E-state index contributed by atoms with van der Waals surface area (Å²) in [6, 6.07) is -1.26. The lowest BCUT2D eigenvalue weighted by atomic mass is 10.2. The Bertz CT molecular complexity index is 335. The number of carboxylic acid groups (broad SMARTS) is 1. The molecule has 0 bridgehead atoms. The Kier molecular flexibility index (Phi) is 5.06. The van der Waals surface area contributed by atoms with E-state index in [4.69, 9.17) is 5.11 Å². The summed E-state index contributed by atoms with van der Waals surface area (Å²) in [4.78, 5) is 21.3. The predicted molar refractivity (Wildman–Crippen MR) is 51.3 cm³/mol. The van der Waals surface area contributed by atoms with Gasteiger partial charge in [-0.05, 0) is 6.42 Å². The maximum absolute atomic E-state index is 10.8. The third kappa shape index (κ3) is 6.72. The molecule has 8 heteroatoms. The van der Waals surface area contributed by atoms with Gasteiger partial charge in [-0.25, -0.2) is 18.0 Å². The van der Waals surface area contributed by atoms with Gasteiger partial charge in [0.1, 0.15) is 15.9 Å². The van der Waals surface area contributed by atoms with Crippen LogP contribution in [0.5, 0.6) is 0 Å². The third-order valence-electron chi connectivity index (χ3n) is 1.55. The lowest BCUT2D eigenvalue weighted by molar-refractivity contribution is -0.139. The highest BCUT2D eigenvalue weighted by Crippen LogP contribution is 1.97. The Morgan fingerprint density at radius 2 is 2.00 bits per heavy atom. The molecule has 0 fully saturated rings. The van der Waals surface area contributed by atoms with E-state index < -0.39 is 27.9 Å². The summed E-state index contributed by atoms with van der Waals surface area (Å²) < 4.78 is 25.8. The first-order chi connectivity index (χ1) is 6.76. The maximum Gasteiger partial charge on any atom is 0.407 e. The average molecular weight is 239 g/mol. The number of aliphatic carboxylic acids is 1. The van der Waals surface area contributed by atoms with E-state index in [9.17, 15) is 18.0 Å². The van der Waals surface area contributed by atoms with Gasteiger partial charge < -0.3 is 15.2 Å². The Balaban J connectivity index is 4.30. The molecule has 0 aliphatic heterocycles. The van der Waals surface area contributed by atoms with Crippen molar-refractivity contribution < 1.29 is 27.9 Å². The zero-order chi connectivity index (χ0) is 12.1. The number of carbonyl (C=O) groups is 2. The first kappa shape index (κ1) is 13.7. The second-order valence-electron chi connectivity index (χ2n) is 2.95. The van der Waals surface area contributed by atoms with Crippen LogP contribution in [0.4, 0.5) is 4.79 Å². The monoisotopic (exact) mass is 239 g/mol. The number of hydrogen-bond acceptors (Lipinski definition) is 5. The zero-order valence-corrected chi connectivity index (χ0v) is 9.20. The molecule has 1 unspecified atom stereocenters. The number of ether oxygens (including phenoxy) is 1. The van der Waals surface area contributed by atoms with Crippen LogP contribution in [0.25, 0.3) is 0 Å². The van der Waals surface area contributed by atoms with Crippen LogP contribution >= 0.6 is 0 Å². The van der Waals surface area contributed by atoms with Crippen LogP contribution in [0.15, 0.2) is 0 Å². The molecule has 1 amide bonds. The normalized spacial score (nSPS) is 12.9. The van der Waals surface area contributed by atoms with E-state index in [-0.39, 0.29) is 12.2 Å². The summed E-state index contributed by atoms with van der Waals surface area (Å²) in [6.07, 6.45) is -0.108. The molecular formula is C7H13NO6S. The highest BCUT2D eigenvalue weighted by atomic mass is 32.2. The van der Waals surface area contributed by atoms with Crippen LogP contribution < -0.4 is 5.32 Å². The van der Waals surface area contributed by atoms with Gasteiger partial charge in [0.05, 0.1) is 12.9 Å². The Hall–Kier alpha value is -1.31. The zero-order valence-electron chi connectivity index (χ0n) is 8.39. The molecule has 7 nitrogen and oxygen atoms in total. The fourth-order valence-electron chi connectivity index (χ4n) is 0.790. The molecular weight excluding hydrogens is 226 g/mol. The van der Waals surface area contributed by atoms with Gasteiger partial charge in [-0.15, -0.1) is 0 Å². The molecule has 0 spiro atoms. The number of carboxylic acids is 1. The van der Waals surface area contributed by atoms with Gasteiger partial charge in [0, 0.05) is 6.26 Å². The second-order valence-corrected chi connectivity index (χ2v) is 5.21. The van der Waals surface area contributed by atoms with Crippen LogP contribution in [-0.4, -0.2) is 50.7 Å². The van der Waals surface area contributed by atoms with Crippen LogP contribution in [0.3, 0.4) is 0 Å². The molecule has 0 aliphatic carbocycles. The molecule has 2 N–H and O–H groups in total. The van der Waals surface area contributed by atoms with E-state index >= 15 is 0 Å². The summed E-state index contributed by atoms with van der Waals surface area (Å²) in [5.41, 5.74) is 0. The van der Waals surface area contributed by atoms with Crippen LogP contribution in [0.1, 0.15) is 6.42 Å².